The summed E-state index contributed by atoms with van der Waals surface area (Å²) in [6, 6.07) is 9.74. The molecule has 1 aliphatic carbocycles. The number of ether oxygens (including phenoxy) is 1. The SMILES string of the molecule is COC(=O)c1ccc2c(c1)C(N)c1c(C)cc(C)cc1-2. The molecule has 0 saturated heterocycles. The Morgan fingerprint density at radius 2 is 1.90 bits per heavy atom. The van der Waals surface area contributed by atoms with Crippen molar-refractivity contribution in [3.05, 3.63) is 58.1 Å². The molecule has 0 amide bonds. The zero-order valence-electron chi connectivity index (χ0n) is 11.9. The Balaban J connectivity index is 2.21. The fourth-order valence-electron chi connectivity index (χ4n) is 3.08. The molecule has 0 aromatic heterocycles. The Labute approximate surface area is 118 Å². The van der Waals surface area contributed by atoms with Crippen molar-refractivity contribution < 1.29 is 9.53 Å². The molecule has 0 bridgehead atoms. The maximum Gasteiger partial charge on any atom is 0.337 e. The van der Waals surface area contributed by atoms with E-state index < -0.39 is 0 Å². The third-order valence-corrected chi connectivity index (χ3v) is 3.94. The van der Waals surface area contributed by atoms with E-state index in [-0.39, 0.29) is 12.0 Å². The number of esters is 1. The van der Waals surface area contributed by atoms with Crippen molar-refractivity contribution in [2.24, 2.45) is 5.73 Å². The lowest BCUT2D eigenvalue weighted by Gasteiger charge is -2.11. The van der Waals surface area contributed by atoms with Crippen molar-refractivity contribution in [3.63, 3.8) is 0 Å². The highest BCUT2D eigenvalue weighted by Gasteiger charge is 2.28. The molecule has 1 atom stereocenters. The standard InChI is InChI=1S/C17H17NO2/c1-9-6-10(2)15-13(7-9)12-5-4-11(17(19)20-3)8-14(12)16(15)18/h4-8,16H,18H2,1-3H3. The second kappa shape index (κ2) is 4.46. The summed E-state index contributed by atoms with van der Waals surface area (Å²) in [5.41, 5.74) is 13.8. The van der Waals surface area contributed by atoms with E-state index >= 15 is 0 Å². The minimum Gasteiger partial charge on any atom is -0.465 e. The Morgan fingerprint density at radius 3 is 2.60 bits per heavy atom. The van der Waals surface area contributed by atoms with Crippen LogP contribution in [0.5, 0.6) is 0 Å². The smallest absolute Gasteiger partial charge is 0.337 e. The molecular weight excluding hydrogens is 250 g/mol. The molecule has 2 aromatic carbocycles. The molecule has 0 aliphatic heterocycles. The van der Waals surface area contributed by atoms with Crippen LogP contribution >= 0.6 is 0 Å². The number of rotatable bonds is 1. The number of benzene rings is 2. The van der Waals surface area contributed by atoms with Crippen LogP contribution in [0.2, 0.25) is 0 Å². The van der Waals surface area contributed by atoms with Gasteiger partial charge in [-0.2, -0.15) is 0 Å². The van der Waals surface area contributed by atoms with Crippen LogP contribution in [0.3, 0.4) is 0 Å². The van der Waals surface area contributed by atoms with Crippen LogP contribution in [-0.4, -0.2) is 13.1 Å². The van der Waals surface area contributed by atoms with E-state index in [2.05, 4.69) is 26.0 Å². The molecular formula is C17H17NO2. The fourth-order valence-corrected chi connectivity index (χ4v) is 3.08. The summed E-state index contributed by atoms with van der Waals surface area (Å²) in [5, 5.41) is 0. The van der Waals surface area contributed by atoms with Crippen LogP contribution in [0.4, 0.5) is 0 Å². The molecule has 0 heterocycles. The molecule has 20 heavy (non-hydrogen) atoms. The first-order chi connectivity index (χ1) is 9.52. The number of fused-ring (bicyclic) bond motifs is 3. The van der Waals surface area contributed by atoms with Crippen LogP contribution < -0.4 is 5.73 Å². The predicted molar refractivity (Wildman–Crippen MR) is 78.7 cm³/mol. The van der Waals surface area contributed by atoms with E-state index in [1.165, 1.54) is 23.8 Å². The van der Waals surface area contributed by atoms with Crippen LogP contribution in [-0.2, 0) is 4.74 Å². The van der Waals surface area contributed by atoms with E-state index in [1.807, 2.05) is 12.1 Å². The molecule has 3 nitrogen and oxygen atoms in total. The van der Waals surface area contributed by atoms with Gasteiger partial charge in [0.2, 0.25) is 0 Å². The van der Waals surface area contributed by atoms with Gasteiger partial charge in [-0.15, -0.1) is 0 Å². The first-order valence-electron chi connectivity index (χ1n) is 6.62. The average Bonchev–Trinajstić information content (AvgIpc) is 2.71. The van der Waals surface area contributed by atoms with Crippen molar-refractivity contribution in [2.75, 3.05) is 7.11 Å². The van der Waals surface area contributed by atoms with E-state index in [9.17, 15) is 4.79 Å². The Hall–Kier alpha value is -2.13. The number of hydrogen-bond acceptors (Lipinski definition) is 3. The van der Waals surface area contributed by atoms with Gasteiger partial charge in [0.15, 0.2) is 0 Å². The van der Waals surface area contributed by atoms with E-state index in [4.69, 9.17) is 10.5 Å². The normalized spacial score (nSPS) is 15.7. The predicted octanol–water partition coefficient (Wildman–Crippen LogP) is 3.12. The van der Waals surface area contributed by atoms with Crippen LogP contribution in [0.1, 0.15) is 38.7 Å². The number of hydrogen-bond donors (Lipinski definition) is 1. The summed E-state index contributed by atoms with van der Waals surface area (Å²) in [4.78, 5) is 11.7. The molecule has 0 saturated carbocycles. The van der Waals surface area contributed by atoms with Gasteiger partial charge in [-0.1, -0.05) is 23.8 Å². The van der Waals surface area contributed by atoms with Crippen LogP contribution in [0, 0.1) is 13.8 Å². The second-order valence-electron chi connectivity index (χ2n) is 5.31. The highest BCUT2D eigenvalue weighted by Crippen LogP contribution is 2.44. The first kappa shape index (κ1) is 12.9. The Morgan fingerprint density at radius 1 is 1.15 bits per heavy atom. The molecule has 2 N–H and O–H groups in total. The lowest BCUT2D eigenvalue weighted by Crippen LogP contribution is -2.11. The number of aryl methyl sites for hydroxylation is 2. The van der Waals surface area contributed by atoms with Crippen molar-refractivity contribution >= 4 is 5.97 Å². The fraction of sp³-hybridized carbons (Fsp3) is 0.235. The van der Waals surface area contributed by atoms with Gasteiger partial charge in [-0.3, -0.25) is 0 Å². The number of carbonyl (C=O) groups is 1. The largest absolute Gasteiger partial charge is 0.465 e. The van der Waals surface area contributed by atoms with E-state index in [0.29, 0.717) is 5.56 Å². The van der Waals surface area contributed by atoms with Crippen molar-refractivity contribution in [1.29, 1.82) is 0 Å². The molecule has 2 aromatic rings. The minimum absolute atomic E-state index is 0.176. The van der Waals surface area contributed by atoms with Gasteiger partial charge < -0.3 is 10.5 Å². The van der Waals surface area contributed by atoms with Gasteiger partial charge in [-0.25, -0.2) is 4.79 Å². The van der Waals surface area contributed by atoms with Gasteiger partial charge >= 0.3 is 5.97 Å². The lowest BCUT2D eigenvalue weighted by molar-refractivity contribution is 0.0600. The summed E-state index contributed by atoms with van der Waals surface area (Å²) in [5.74, 6) is -0.330. The Kier molecular flexibility index (Phi) is 2.87. The lowest BCUT2D eigenvalue weighted by atomic mass is 9.98. The first-order valence-corrected chi connectivity index (χ1v) is 6.62. The molecule has 1 aliphatic rings. The van der Waals surface area contributed by atoms with Gasteiger partial charge in [-0.05, 0) is 53.8 Å². The highest BCUT2D eigenvalue weighted by molar-refractivity contribution is 5.92. The van der Waals surface area contributed by atoms with Crippen molar-refractivity contribution in [2.45, 2.75) is 19.9 Å². The van der Waals surface area contributed by atoms with E-state index in [0.717, 1.165) is 16.7 Å². The summed E-state index contributed by atoms with van der Waals surface area (Å²) < 4.78 is 4.77. The van der Waals surface area contributed by atoms with Gasteiger partial charge in [0.1, 0.15) is 0 Å². The summed E-state index contributed by atoms with van der Waals surface area (Å²) in [6.45, 7) is 4.17. The summed E-state index contributed by atoms with van der Waals surface area (Å²) in [6.07, 6.45) is 0. The maximum atomic E-state index is 11.7. The molecule has 0 spiro atoms. The topological polar surface area (TPSA) is 52.3 Å². The minimum atomic E-state index is -0.330. The summed E-state index contributed by atoms with van der Waals surface area (Å²) >= 11 is 0. The van der Waals surface area contributed by atoms with Crippen LogP contribution in [0.25, 0.3) is 11.1 Å². The molecule has 3 rings (SSSR count). The molecule has 1 unspecified atom stereocenters. The zero-order chi connectivity index (χ0) is 14.4. The summed E-state index contributed by atoms with van der Waals surface area (Å²) in [7, 11) is 1.39. The third kappa shape index (κ3) is 1.74. The Bertz CT molecular complexity index is 719. The third-order valence-electron chi connectivity index (χ3n) is 3.94. The molecule has 0 fully saturated rings. The van der Waals surface area contributed by atoms with Gasteiger partial charge in [0.25, 0.3) is 0 Å². The van der Waals surface area contributed by atoms with Gasteiger partial charge in [0.05, 0.1) is 18.7 Å². The molecule has 102 valence electrons. The molecule has 3 heteroatoms. The quantitative estimate of drug-likeness (QED) is 0.808. The number of nitrogens with two attached hydrogens (primary N) is 1. The monoisotopic (exact) mass is 267 g/mol. The highest BCUT2D eigenvalue weighted by atomic mass is 16.5. The number of methoxy groups -OCH3 is 1. The zero-order valence-corrected chi connectivity index (χ0v) is 11.9. The second-order valence-corrected chi connectivity index (χ2v) is 5.31. The average molecular weight is 267 g/mol. The van der Waals surface area contributed by atoms with E-state index in [1.54, 1.807) is 6.07 Å². The van der Waals surface area contributed by atoms with Crippen molar-refractivity contribution in [1.82, 2.24) is 0 Å². The van der Waals surface area contributed by atoms with Gasteiger partial charge in [0, 0.05) is 0 Å². The van der Waals surface area contributed by atoms with Crippen molar-refractivity contribution in [3.8, 4) is 11.1 Å². The maximum absolute atomic E-state index is 11.7. The van der Waals surface area contributed by atoms with Crippen LogP contribution in [0.15, 0.2) is 30.3 Å². The molecule has 0 radical (unpaired) electrons. The number of carbonyl (C=O) groups excluding carboxylic acids is 1.